The Balaban J connectivity index is 2.06. The zero-order valence-corrected chi connectivity index (χ0v) is 10.4. The number of nitrogens with two attached hydrogens (primary N) is 1. The molecule has 0 spiro atoms. The zero-order valence-electron chi connectivity index (χ0n) is 9.60. The fraction of sp³-hybridized carbons (Fsp3) is 0.300. The van der Waals surface area contributed by atoms with E-state index in [4.69, 9.17) is 5.73 Å². The first-order chi connectivity index (χ1) is 8.09. The summed E-state index contributed by atoms with van der Waals surface area (Å²) in [5.74, 6) is -0.227. The van der Waals surface area contributed by atoms with Crippen LogP contribution in [0.5, 0.6) is 0 Å². The first-order valence-electron chi connectivity index (χ1n) is 5.04. The number of carbonyl (C=O) groups excluding carboxylic acids is 1. The largest absolute Gasteiger partial charge is 0.396 e. The summed E-state index contributed by atoms with van der Waals surface area (Å²) in [4.78, 5) is 17.0. The molecule has 2 aromatic heterocycles. The van der Waals surface area contributed by atoms with Crippen LogP contribution in [-0.2, 0) is 13.6 Å². The van der Waals surface area contributed by atoms with Crippen molar-refractivity contribution in [2.24, 2.45) is 7.05 Å². The zero-order chi connectivity index (χ0) is 12.4. The van der Waals surface area contributed by atoms with Gasteiger partial charge in [0, 0.05) is 11.9 Å². The van der Waals surface area contributed by atoms with Crippen molar-refractivity contribution in [3.63, 3.8) is 0 Å². The molecular formula is C10H13N5OS. The van der Waals surface area contributed by atoms with Crippen molar-refractivity contribution in [1.29, 1.82) is 0 Å². The third-order valence-electron chi connectivity index (χ3n) is 2.44. The van der Waals surface area contributed by atoms with Crippen molar-refractivity contribution in [2.75, 3.05) is 5.73 Å². The Labute approximate surface area is 102 Å². The maximum Gasteiger partial charge on any atom is 0.271 e. The van der Waals surface area contributed by atoms with Crippen LogP contribution in [-0.4, -0.2) is 20.7 Å². The smallest absolute Gasteiger partial charge is 0.271 e. The van der Waals surface area contributed by atoms with Crippen molar-refractivity contribution in [3.8, 4) is 0 Å². The average Bonchev–Trinajstić information content (AvgIpc) is 2.83. The van der Waals surface area contributed by atoms with Crippen molar-refractivity contribution >= 4 is 22.9 Å². The minimum Gasteiger partial charge on any atom is -0.396 e. The lowest BCUT2D eigenvalue weighted by atomic mass is 10.3. The maximum absolute atomic E-state index is 11.9. The Morgan fingerprint density at radius 1 is 1.65 bits per heavy atom. The monoisotopic (exact) mass is 251 g/mol. The van der Waals surface area contributed by atoms with Gasteiger partial charge in [-0.05, 0) is 6.92 Å². The van der Waals surface area contributed by atoms with E-state index in [-0.39, 0.29) is 5.91 Å². The molecule has 0 aliphatic heterocycles. The molecule has 0 aromatic carbocycles. The number of nitrogen functional groups attached to an aromatic ring is 1. The second-order valence-electron chi connectivity index (χ2n) is 3.62. The molecule has 0 atom stereocenters. The van der Waals surface area contributed by atoms with Crippen LogP contribution in [0.1, 0.15) is 21.1 Å². The van der Waals surface area contributed by atoms with Crippen LogP contribution in [0, 0.1) is 6.92 Å². The highest BCUT2D eigenvalue weighted by Crippen LogP contribution is 2.13. The Morgan fingerprint density at radius 2 is 2.41 bits per heavy atom. The topological polar surface area (TPSA) is 85.8 Å². The molecule has 3 N–H and O–H groups in total. The molecule has 0 aliphatic carbocycles. The predicted molar refractivity (Wildman–Crippen MR) is 65.6 cm³/mol. The minimum atomic E-state index is -0.227. The van der Waals surface area contributed by atoms with Gasteiger partial charge in [-0.1, -0.05) is 0 Å². The number of hydrogen-bond acceptors (Lipinski definition) is 5. The molecule has 0 saturated heterocycles. The second kappa shape index (κ2) is 4.54. The fourth-order valence-corrected chi connectivity index (χ4v) is 2.19. The summed E-state index contributed by atoms with van der Waals surface area (Å²) in [5, 5.41) is 6.72. The molecule has 17 heavy (non-hydrogen) atoms. The number of thiazole rings is 1. The van der Waals surface area contributed by atoms with Gasteiger partial charge in [-0.15, -0.1) is 11.3 Å². The molecule has 2 heterocycles. The normalized spacial score (nSPS) is 10.5. The highest BCUT2D eigenvalue weighted by molar-refractivity contribution is 7.09. The highest BCUT2D eigenvalue weighted by atomic mass is 32.1. The third kappa shape index (κ3) is 2.28. The number of nitrogens with one attached hydrogen (secondary N) is 1. The van der Waals surface area contributed by atoms with Gasteiger partial charge in [-0.25, -0.2) is 4.98 Å². The van der Waals surface area contributed by atoms with Crippen LogP contribution in [0.4, 0.5) is 5.69 Å². The van der Waals surface area contributed by atoms with E-state index >= 15 is 0 Å². The quantitative estimate of drug-likeness (QED) is 0.840. The van der Waals surface area contributed by atoms with E-state index in [1.807, 2.05) is 6.92 Å². The lowest BCUT2D eigenvalue weighted by Crippen LogP contribution is -2.25. The number of nitrogens with zero attached hydrogens (tertiary/aromatic N) is 3. The summed E-state index contributed by atoms with van der Waals surface area (Å²) in [6, 6.07) is 0. The number of aryl methyl sites for hydroxylation is 2. The van der Waals surface area contributed by atoms with Crippen LogP contribution in [0.25, 0.3) is 0 Å². The minimum absolute atomic E-state index is 0.227. The van der Waals surface area contributed by atoms with Gasteiger partial charge in [0.2, 0.25) is 0 Å². The third-order valence-corrected chi connectivity index (χ3v) is 3.37. The van der Waals surface area contributed by atoms with Crippen molar-refractivity contribution in [2.45, 2.75) is 13.5 Å². The van der Waals surface area contributed by atoms with Gasteiger partial charge < -0.3 is 11.1 Å². The molecule has 0 fully saturated rings. The van der Waals surface area contributed by atoms with E-state index in [9.17, 15) is 4.79 Å². The molecular weight excluding hydrogens is 238 g/mol. The highest BCUT2D eigenvalue weighted by Gasteiger charge is 2.14. The molecule has 7 heteroatoms. The number of hydrogen-bond donors (Lipinski definition) is 2. The van der Waals surface area contributed by atoms with Gasteiger partial charge in [0.25, 0.3) is 5.91 Å². The first kappa shape index (κ1) is 11.6. The summed E-state index contributed by atoms with van der Waals surface area (Å²) in [6.07, 6.45) is 1.47. The standard InChI is InChI=1S/C10H13N5OS/c1-6-8(17-5-13-6)4-12-10(16)9-7(11)3-14-15(9)2/h3,5H,4,11H2,1-2H3,(H,12,16). The Morgan fingerprint density at radius 3 is 2.94 bits per heavy atom. The molecule has 0 saturated carbocycles. The Hall–Kier alpha value is -1.89. The summed E-state index contributed by atoms with van der Waals surface area (Å²) in [7, 11) is 1.68. The Kier molecular flexibility index (Phi) is 3.10. The number of aromatic nitrogens is 3. The van der Waals surface area contributed by atoms with Crippen molar-refractivity contribution in [3.05, 3.63) is 28.0 Å². The summed E-state index contributed by atoms with van der Waals surface area (Å²) in [6.45, 7) is 2.37. The van der Waals surface area contributed by atoms with Gasteiger partial charge in [0.15, 0.2) is 0 Å². The van der Waals surface area contributed by atoms with E-state index in [0.29, 0.717) is 17.9 Å². The predicted octanol–water partition coefficient (Wildman–Crippen LogP) is 0.697. The van der Waals surface area contributed by atoms with Gasteiger partial charge >= 0.3 is 0 Å². The van der Waals surface area contributed by atoms with Crippen molar-refractivity contribution in [1.82, 2.24) is 20.1 Å². The van der Waals surface area contributed by atoms with Crippen LogP contribution < -0.4 is 11.1 Å². The van der Waals surface area contributed by atoms with Crippen LogP contribution >= 0.6 is 11.3 Å². The fourth-order valence-electron chi connectivity index (χ4n) is 1.47. The molecule has 2 aromatic rings. The average molecular weight is 251 g/mol. The molecule has 0 aliphatic rings. The molecule has 1 amide bonds. The molecule has 0 unspecified atom stereocenters. The molecule has 2 rings (SSSR count). The SMILES string of the molecule is Cc1ncsc1CNC(=O)c1c(N)cnn1C. The molecule has 90 valence electrons. The van der Waals surface area contributed by atoms with Crippen LogP contribution in [0.15, 0.2) is 11.7 Å². The summed E-state index contributed by atoms with van der Waals surface area (Å²) in [5.41, 5.74) is 9.13. The first-order valence-corrected chi connectivity index (χ1v) is 5.92. The van der Waals surface area contributed by atoms with E-state index in [0.717, 1.165) is 10.6 Å². The molecule has 0 bridgehead atoms. The van der Waals surface area contributed by atoms with Crippen LogP contribution in [0.2, 0.25) is 0 Å². The van der Waals surface area contributed by atoms with E-state index in [1.54, 1.807) is 12.6 Å². The Bertz CT molecular complexity index is 525. The van der Waals surface area contributed by atoms with E-state index < -0.39 is 0 Å². The summed E-state index contributed by atoms with van der Waals surface area (Å²) >= 11 is 1.52. The van der Waals surface area contributed by atoms with Gasteiger partial charge in [0.1, 0.15) is 5.69 Å². The lowest BCUT2D eigenvalue weighted by molar-refractivity contribution is 0.0943. The molecule has 6 nitrogen and oxygen atoms in total. The van der Waals surface area contributed by atoms with Gasteiger partial charge in [-0.2, -0.15) is 5.10 Å². The lowest BCUT2D eigenvalue weighted by Gasteiger charge is -2.05. The van der Waals surface area contributed by atoms with E-state index in [2.05, 4.69) is 15.4 Å². The number of rotatable bonds is 3. The second-order valence-corrected chi connectivity index (χ2v) is 4.56. The maximum atomic E-state index is 11.9. The number of carbonyl (C=O) groups is 1. The number of amides is 1. The van der Waals surface area contributed by atoms with Gasteiger partial charge in [-0.3, -0.25) is 9.48 Å². The van der Waals surface area contributed by atoms with Crippen LogP contribution in [0.3, 0.4) is 0 Å². The van der Waals surface area contributed by atoms with Gasteiger partial charge in [0.05, 0.1) is 29.6 Å². The summed E-state index contributed by atoms with van der Waals surface area (Å²) < 4.78 is 1.46. The van der Waals surface area contributed by atoms with Crippen molar-refractivity contribution < 1.29 is 4.79 Å². The molecule has 0 radical (unpaired) electrons. The van der Waals surface area contributed by atoms with E-state index in [1.165, 1.54) is 22.2 Å². The number of anilines is 1.